The Morgan fingerprint density at radius 3 is 1.52 bits per heavy atom. The van der Waals surface area contributed by atoms with Gasteiger partial charge in [0.1, 0.15) is 10.8 Å². The normalized spacial score (nSPS) is 12.3. The van der Waals surface area contributed by atoms with Crippen LogP contribution in [0, 0.1) is 0 Å². The summed E-state index contributed by atoms with van der Waals surface area (Å²) in [6, 6.07) is 26.4. The summed E-state index contributed by atoms with van der Waals surface area (Å²) < 4.78 is 0. The first-order valence-electron chi connectivity index (χ1n) is 13.1. The van der Waals surface area contributed by atoms with Gasteiger partial charge in [-0.25, -0.2) is 4.79 Å². The zero-order valence-corrected chi connectivity index (χ0v) is 24.5. The molecule has 0 aliphatic heterocycles. The molecule has 40 heavy (non-hydrogen) atoms. The minimum atomic E-state index is -1.05. The third kappa shape index (κ3) is 6.52. The summed E-state index contributed by atoms with van der Waals surface area (Å²) in [6.07, 6.45) is 1.17. The third-order valence-electron chi connectivity index (χ3n) is 6.73. The summed E-state index contributed by atoms with van der Waals surface area (Å²) in [5.74, 6) is -1.60. The van der Waals surface area contributed by atoms with Gasteiger partial charge < -0.3 is 15.1 Å². The highest BCUT2D eigenvalue weighted by Gasteiger charge is 2.20. The van der Waals surface area contributed by atoms with Crippen LogP contribution in [0.25, 0.3) is 5.76 Å². The molecule has 3 aromatic carbocycles. The number of thiophene rings is 1. The number of allylic oxidation sites excluding steroid dienone is 1. The standard InChI is InChI=1S/C34H35NO4S/c1-33(2,3)24-11-15-26(16-12-24)35(27-17-13-25(14-18-27)34(4,5)6)31-20-19-30(40-31)29(37)21-28(36)22-7-9-23(10-8-22)32(38)39/h7-21,36H,1-6H3,(H,38,39)/b28-21-. The van der Waals surface area contributed by atoms with Crippen LogP contribution in [0.15, 0.2) is 91.0 Å². The molecule has 0 radical (unpaired) electrons. The van der Waals surface area contributed by atoms with Crippen molar-refractivity contribution in [3.05, 3.63) is 118 Å². The van der Waals surface area contributed by atoms with E-state index in [-0.39, 0.29) is 27.9 Å². The van der Waals surface area contributed by atoms with Crippen molar-refractivity contribution in [2.75, 3.05) is 4.90 Å². The van der Waals surface area contributed by atoms with Crippen LogP contribution >= 0.6 is 11.3 Å². The number of carbonyl (C=O) groups is 2. The number of carbonyl (C=O) groups excluding carboxylic acids is 1. The van der Waals surface area contributed by atoms with Crippen LogP contribution in [0.5, 0.6) is 0 Å². The van der Waals surface area contributed by atoms with Gasteiger partial charge in [-0.15, -0.1) is 11.3 Å². The van der Waals surface area contributed by atoms with E-state index >= 15 is 0 Å². The molecule has 0 spiro atoms. The van der Waals surface area contributed by atoms with E-state index in [0.29, 0.717) is 10.4 Å². The van der Waals surface area contributed by atoms with Crippen molar-refractivity contribution in [1.82, 2.24) is 0 Å². The van der Waals surface area contributed by atoms with E-state index in [9.17, 15) is 14.7 Å². The molecule has 1 aromatic heterocycles. The van der Waals surface area contributed by atoms with Gasteiger partial charge in [0.15, 0.2) is 5.78 Å². The third-order valence-corrected chi connectivity index (χ3v) is 7.82. The topological polar surface area (TPSA) is 77.8 Å². The molecule has 0 unspecified atom stereocenters. The summed E-state index contributed by atoms with van der Waals surface area (Å²) in [5.41, 5.74) is 4.97. The second-order valence-electron chi connectivity index (χ2n) is 11.8. The molecule has 2 N–H and O–H groups in total. The number of benzene rings is 3. The molecule has 0 bridgehead atoms. The fraction of sp³-hybridized carbons (Fsp3) is 0.235. The van der Waals surface area contributed by atoms with E-state index in [4.69, 9.17) is 5.11 Å². The van der Waals surface area contributed by atoms with E-state index in [0.717, 1.165) is 16.4 Å². The number of aliphatic hydroxyl groups excluding tert-OH is 1. The van der Waals surface area contributed by atoms with Gasteiger partial charge in [-0.1, -0.05) is 77.9 Å². The highest BCUT2D eigenvalue weighted by atomic mass is 32.1. The lowest BCUT2D eigenvalue weighted by molar-refractivity contribution is 0.0696. The van der Waals surface area contributed by atoms with E-state index < -0.39 is 5.97 Å². The molecule has 0 saturated carbocycles. The van der Waals surface area contributed by atoms with Crippen LogP contribution in [-0.4, -0.2) is 22.0 Å². The number of rotatable bonds is 7. The number of ketones is 1. The molecule has 0 aliphatic carbocycles. The molecule has 0 fully saturated rings. The van der Waals surface area contributed by atoms with E-state index in [1.54, 1.807) is 6.07 Å². The predicted molar refractivity (Wildman–Crippen MR) is 165 cm³/mol. The van der Waals surface area contributed by atoms with Crippen LogP contribution in [0.3, 0.4) is 0 Å². The average molecular weight is 554 g/mol. The van der Waals surface area contributed by atoms with Crippen molar-refractivity contribution in [2.45, 2.75) is 52.4 Å². The van der Waals surface area contributed by atoms with Crippen LogP contribution < -0.4 is 4.90 Å². The van der Waals surface area contributed by atoms with Crippen LogP contribution in [0.4, 0.5) is 16.4 Å². The Morgan fingerprint density at radius 2 is 1.10 bits per heavy atom. The average Bonchev–Trinajstić information content (AvgIpc) is 3.38. The van der Waals surface area contributed by atoms with Gasteiger partial charge >= 0.3 is 5.97 Å². The van der Waals surface area contributed by atoms with Gasteiger partial charge in [0.25, 0.3) is 0 Å². The van der Waals surface area contributed by atoms with Gasteiger partial charge in [0.2, 0.25) is 0 Å². The molecule has 0 atom stereocenters. The van der Waals surface area contributed by atoms with Crippen molar-refractivity contribution < 1.29 is 19.8 Å². The maximum atomic E-state index is 13.1. The molecule has 0 aliphatic rings. The molecule has 206 valence electrons. The van der Waals surface area contributed by atoms with Gasteiger partial charge in [-0.2, -0.15) is 0 Å². The van der Waals surface area contributed by atoms with Crippen molar-refractivity contribution >= 4 is 45.2 Å². The first-order chi connectivity index (χ1) is 18.7. The zero-order chi connectivity index (χ0) is 29.2. The number of aliphatic hydroxyl groups is 1. The monoisotopic (exact) mass is 553 g/mol. The van der Waals surface area contributed by atoms with Crippen LogP contribution in [-0.2, 0) is 10.8 Å². The Morgan fingerprint density at radius 1 is 0.650 bits per heavy atom. The maximum absolute atomic E-state index is 13.1. The van der Waals surface area contributed by atoms with Gasteiger partial charge in [0.05, 0.1) is 10.4 Å². The predicted octanol–water partition coefficient (Wildman–Crippen LogP) is 9.29. The Hall–Kier alpha value is -4.16. The van der Waals surface area contributed by atoms with Gasteiger partial charge in [-0.3, -0.25) is 4.79 Å². The number of hydrogen-bond donors (Lipinski definition) is 2. The summed E-state index contributed by atoms with van der Waals surface area (Å²) in [6.45, 7) is 13.1. The first kappa shape index (κ1) is 28.8. The van der Waals surface area contributed by atoms with Crippen molar-refractivity contribution in [3.63, 3.8) is 0 Å². The summed E-state index contributed by atoms with van der Waals surface area (Å²) in [5, 5.41) is 20.5. The van der Waals surface area contributed by atoms with Crippen molar-refractivity contribution in [2.24, 2.45) is 0 Å². The van der Waals surface area contributed by atoms with E-state index in [1.807, 2.05) is 6.07 Å². The maximum Gasteiger partial charge on any atom is 0.335 e. The van der Waals surface area contributed by atoms with Gasteiger partial charge in [0, 0.05) is 23.0 Å². The Kier molecular flexibility index (Phi) is 8.03. The van der Waals surface area contributed by atoms with E-state index in [2.05, 4.69) is 95.0 Å². The molecule has 0 saturated heterocycles. The Labute approximate surface area is 240 Å². The van der Waals surface area contributed by atoms with Crippen LogP contribution in [0.1, 0.15) is 78.3 Å². The number of carboxylic acids is 1. The Balaban J connectivity index is 1.68. The minimum Gasteiger partial charge on any atom is -0.507 e. The molecule has 6 heteroatoms. The van der Waals surface area contributed by atoms with Gasteiger partial charge in [-0.05, 0) is 70.5 Å². The second kappa shape index (κ2) is 11.1. The summed E-state index contributed by atoms with van der Waals surface area (Å²) in [4.78, 5) is 26.8. The molecule has 1 heterocycles. The molecule has 4 aromatic rings. The smallest absolute Gasteiger partial charge is 0.335 e. The van der Waals surface area contributed by atoms with Crippen LogP contribution in [0.2, 0.25) is 0 Å². The lowest BCUT2D eigenvalue weighted by atomic mass is 9.87. The highest BCUT2D eigenvalue weighted by molar-refractivity contribution is 7.18. The number of hydrogen-bond acceptors (Lipinski definition) is 5. The fourth-order valence-electron chi connectivity index (χ4n) is 4.27. The quantitative estimate of drug-likeness (QED) is 0.135. The fourth-order valence-corrected chi connectivity index (χ4v) is 5.23. The second-order valence-corrected chi connectivity index (χ2v) is 12.9. The minimum absolute atomic E-state index is 0.0303. The lowest BCUT2D eigenvalue weighted by Crippen LogP contribution is -2.13. The SMILES string of the molecule is CC(C)(C)c1ccc(N(c2ccc(C(C)(C)C)cc2)c2ccc(C(=O)/C=C(\O)c3ccc(C(=O)O)cc3)s2)cc1. The first-order valence-corrected chi connectivity index (χ1v) is 14.0. The largest absolute Gasteiger partial charge is 0.507 e. The zero-order valence-electron chi connectivity index (χ0n) is 23.7. The number of anilines is 3. The molecular weight excluding hydrogens is 518 g/mol. The summed E-state index contributed by atoms with van der Waals surface area (Å²) in [7, 11) is 0. The summed E-state index contributed by atoms with van der Waals surface area (Å²) >= 11 is 1.34. The van der Waals surface area contributed by atoms with E-state index in [1.165, 1.54) is 52.8 Å². The molecule has 0 amide bonds. The van der Waals surface area contributed by atoms with Crippen molar-refractivity contribution in [1.29, 1.82) is 0 Å². The lowest BCUT2D eigenvalue weighted by Gasteiger charge is -2.26. The number of nitrogens with zero attached hydrogens (tertiary/aromatic N) is 1. The molecular formula is C34H35NO4S. The number of carboxylic acid groups (broad SMARTS) is 1. The highest BCUT2D eigenvalue weighted by Crippen LogP contribution is 2.40. The number of aromatic carboxylic acids is 1. The van der Waals surface area contributed by atoms with Crippen molar-refractivity contribution in [3.8, 4) is 0 Å². The molecule has 5 nitrogen and oxygen atoms in total. The molecule has 4 rings (SSSR count). The Bertz CT molecular complexity index is 1470.